The molecule has 0 bridgehead atoms. The van der Waals surface area contributed by atoms with Crippen LogP contribution in [0.15, 0.2) is 36.5 Å². The number of amides is 1. The number of ether oxygens (including phenoxy) is 1. The van der Waals surface area contributed by atoms with Gasteiger partial charge in [-0.05, 0) is 12.5 Å². The number of fused-ring (bicyclic) bond motifs is 1. The summed E-state index contributed by atoms with van der Waals surface area (Å²) in [6.07, 6.45) is 1.67. The largest absolute Gasteiger partial charge is 0.378 e. The van der Waals surface area contributed by atoms with E-state index >= 15 is 0 Å². The number of benzene rings is 1. The summed E-state index contributed by atoms with van der Waals surface area (Å²) in [6.45, 7) is 5.54. The maximum atomic E-state index is 12.7. The number of morpholine rings is 1. The molecule has 1 amide bonds. The maximum absolute atomic E-state index is 12.7. The van der Waals surface area contributed by atoms with Crippen molar-refractivity contribution >= 4 is 11.9 Å². The SMILES string of the molecule is CC(c1ccccc1)N1Cc2nc(N3CCOCC3)ncc2C1=O. The van der Waals surface area contributed by atoms with Crippen LogP contribution in [-0.2, 0) is 11.3 Å². The molecule has 124 valence electrons. The average Bonchev–Trinajstić information content (AvgIpc) is 2.99. The molecule has 0 aliphatic carbocycles. The molecule has 6 nitrogen and oxygen atoms in total. The fourth-order valence-corrected chi connectivity index (χ4v) is 3.23. The van der Waals surface area contributed by atoms with Crippen LogP contribution in [0.4, 0.5) is 5.95 Å². The number of hydrogen-bond donors (Lipinski definition) is 0. The zero-order valence-electron chi connectivity index (χ0n) is 13.7. The van der Waals surface area contributed by atoms with Crippen LogP contribution in [0.1, 0.15) is 34.6 Å². The monoisotopic (exact) mass is 324 g/mol. The lowest BCUT2D eigenvalue weighted by Gasteiger charge is -2.26. The number of carbonyl (C=O) groups is 1. The van der Waals surface area contributed by atoms with Crippen molar-refractivity contribution < 1.29 is 9.53 Å². The number of aromatic nitrogens is 2. The van der Waals surface area contributed by atoms with E-state index in [1.165, 1.54) is 0 Å². The summed E-state index contributed by atoms with van der Waals surface area (Å²) < 4.78 is 5.37. The second-order valence-corrected chi connectivity index (χ2v) is 6.15. The van der Waals surface area contributed by atoms with Gasteiger partial charge in [0.15, 0.2) is 0 Å². The third kappa shape index (κ3) is 2.63. The van der Waals surface area contributed by atoms with E-state index in [1.807, 2.05) is 35.2 Å². The molecule has 24 heavy (non-hydrogen) atoms. The Balaban J connectivity index is 1.58. The van der Waals surface area contributed by atoms with E-state index in [-0.39, 0.29) is 11.9 Å². The van der Waals surface area contributed by atoms with Gasteiger partial charge in [-0.2, -0.15) is 0 Å². The number of rotatable bonds is 3. The van der Waals surface area contributed by atoms with Gasteiger partial charge < -0.3 is 14.5 Å². The molecule has 3 heterocycles. The molecule has 2 aliphatic heterocycles. The van der Waals surface area contributed by atoms with E-state index in [0.29, 0.717) is 31.3 Å². The first-order valence-electron chi connectivity index (χ1n) is 8.28. The Morgan fingerprint density at radius 2 is 1.92 bits per heavy atom. The van der Waals surface area contributed by atoms with Gasteiger partial charge in [-0.1, -0.05) is 30.3 Å². The quantitative estimate of drug-likeness (QED) is 0.864. The minimum atomic E-state index is 0.00915. The van der Waals surface area contributed by atoms with Crippen molar-refractivity contribution in [1.29, 1.82) is 0 Å². The standard InChI is InChI=1S/C18H20N4O2/c1-13(14-5-3-2-4-6-14)22-12-16-15(17(22)23)11-19-18(20-16)21-7-9-24-10-8-21/h2-6,11,13H,7-10,12H2,1H3. The Kier molecular flexibility index (Phi) is 3.90. The minimum Gasteiger partial charge on any atom is -0.378 e. The molecular formula is C18H20N4O2. The molecule has 1 aromatic heterocycles. The summed E-state index contributed by atoms with van der Waals surface area (Å²) in [4.78, 5) is 25.7. The van der Waals surface area contributed by atoms with Crippen molar-refractivity contribution in [2.45, 2.75) is 19.5 Å². The molecular weight excluding hydrogens is 304 g/mol. The molecule has 0 radical (unpaired) electrons. The fraction of sp³-hybridized carbons (Fsp3) is 0.389. The van der Waals surface area contributed by atoms with Crippen molar-refractivity contribution in [1.82, 2.24) is 14.9 Å². The van der Waals surface area contributed by atoms with Crippen molar-refractivity contribution in [3.05, 3.63) is 53.3 Å². The Hall–Kier alpha value is -2.47. The summed E-state index contributed by atoms with van der Waals surface area (Å²) >= 11 is 0. The Morgan fingerprint density at radius 1 is 1.17 bits per heavy atom. The van der Waals surface area contributed by atoms with E-state index in [1.54, 1.807) is 6.20 Å². The molecule has 0 spiro atoms. The number of anilines is 1. The van der Waals surface area contributed by atoms with Gasteiger partial charge in [0.05, 0.1) is 37.1 Å². The van der Waals surface area contributed by atoms with Gasteiger partial charge in [0.1, 0.15) is 0 Å². The van der Waals surface area contributed by atoms with Crippen LogP contribution < -0.4 is 4.90 Å². The van der Waals surface area contributed by atoms with Crippen LogP contribution in [0.3, 0.4) is 0 Å². The third-order valence-corrected chi connectivity index (χ3v) is 4.71. The predicted octanol–water partition coefficient (Wildman–Crippen LogP) is 2.03. The summed E-state index contributed by atoms with van der Waals surface area (Å²) in [5, 5.41) is 0. The molecule has 6 heteroatoms. The average molecular weight is 324 g/mol. The zero-order chi connectivity index (χ0) is 16.5. The van der Waals surface area contributed by atoms with E-state index < -0.39 is 0 Å². The Labute approximate surface area is 141 Å². The van der Waals surface area contributed by atoms with Gasteiger partial charge in [0, 0.05) is 19.3 Å². The van der Waals surface area contributed by atoms with Gasteiger partial charge in [-0.15, -0.1) is 0 Å². The summed E-state index contributed by atoms with van der Waals surface area (Å²) in [7, 11) is 0. The molecule has 4 rings (SSSR count). The van der Waals surface area contributed by atoms with Crippen LogP contribution in [0.2, 0.25) is 0 Å². The van der Waals surface area contributed by atoms with Crippen molar-refractivity contribution in [3.8, 4) is 0 Å². The van der Waals surface area contributed by atoms with Crippen LogP contribution in [0.5, 0.6) is 0 Å². The van der Waals surface area contributed by atoms with E-state index in [4.69, 9.17) is 4.74 Å². The molecule has 0 saturated carbocycles. The number of nitrogens with zero attached hydrogens (tertiary/aromatic N) is 4. The topological polar surface area (TPSA) is 58.6 Å². The van der Waals surface area contributed by atoms with E-state index in [0.717, 1.165) is 24.3 Å². The highest BCUT2D eigenvalue weighted by Gasteiger charge is 2.33. The highest BCUT2D eigenvalue weighted by molar-refractivity contribution is 5.97. The Morgan fingerprint density at radius 3 is 2.67 bits per heavy atom. The lowest BCUT2D eigenvalue weighted by molar-refractivity contribution is 0.0715. The van der Waals surface area contributed by atoms with Crippen molar-refractivity contribution in [3.63, 3.8) is 0 Å². The summed E-state index contributed by atoms with van der Waals surface area (Å²) in [5.74, 6) is 0.703. The number of hydrogen-bond acceptors (Lipinski definition) is 5. The first kappa shape index (κ1) is 15.1. The normalized spacial score (nSPS) is 18.6. The summed E-state index contributed by atoms with van der Waals surface area (Å²) in [5.41, 5.74) is 2.56. The van der Waals surface area contributed by atoms with Gasteiger partial charge in [-0.3, -0.25) is 4.79 Å². The molecule has 1 aromatic carbocycles. The van der Waals surface area contributed by atoms with Crippen molar-refractivity contribution in [2.24, 2.45) is 0 Å². The summed E-state index contributed by atoms with van der Waals surface area (Å²) in [6, 6.07) is 10.1. The fourth-order valence-electron chi connectivity index (χ4n) is 3.23. The van der Waals surface area contributed by atoms with Crippen LogP contribution in [-0.4, -0.2) is 47.1 Å². The molecule has 1 unspecified atom stereocenters. The molecule has 2 aromatic rings. The molecule has 1 fully saturated rings. The third-order valence-electron chi connectivity index (χ3n) is 4.71. The highest BCUT2D eigenvalue weighted by Crippen LogP contribution is 2.30. The van der Waals surface area contributed by atoms with Crippen LogP contribution in [0, 0.1) is 0 Å². The van der Waals surface area contributed by atoms with Crippen molar-refractivity contribution in [2.75, 3.05) is 31.2 Å². The minimum absolute atomic E-state index is 0.00915. The molecule has 0 N–H and O–H groups in total. The van der Waals surface area contributed by atoms with Crippen LogP contribution in [0.25, 0.3) is 0 Å². The number of carbonyl (C=O) groups excluding carboxylic acids is 1. The first-order chi connectivity index (χ1) is 11.7. The zero-order valence-corrected chi connectivity index (χ0v) is 13.7. The highest BCUT2D eigenvalue weighted by atomic mass is 16.5. The second-order valence-electron chi connectivity index (χ2n) is 6.15. The molecule has 2 aliphatic rings. The lowest BCUT2D eigenvalue weighted by Crippen LogP contribution is -2.37. The van der Waals surface area contributed by atoms with Gasteiger partial charge in [-0.25, -0.2) is 9.97 Å². The Bertz CT molecular complexity index is 744. The first-order valence-corrected chi connectivity index (χ1v) is 8.28. The predicted molar refractivity (Wildman–Crippen MR) is 89.8 cm³/mol. The van der Waals surface area contributed by atoms with Crippen LogP contribution >= 0.6 is 0 Å². The molecule has 1 saturated heterocycles. The smallest absolute Gasteiger partial charge is 0.258 e. The molecule has 1 atom stereocenters. The van der Waals surface area contributed by atoms with E-state index in [9.17, 15) is 4.79 Å². The lowest BCUT2D eigenvalue weighted by atomic mass is 10.1. The van der Waals surface area contributed by atoms with E-state index in [2.05, 4.69) is 21.8 Å². The van der Waals surface area contributed by atoms with Gasteiger partial charge >= 0.3 is 0 Å². The maximum Gasteiger partial charge on any atom is 0.258 e. The second kappa shape index (κ2) is 6.20. The van der Waals surface area contributed by atoms with Gasteiger partial charge in [0.2, 0.25) is 5.95 Å². The van der Waals surface area contributed by atoms with Gasteiger partial charge in [0.25, 0.3) is 5.91 Å².